The second-order valence-electron chi connectivity index (χ2n) is 12.8. The normalized spacial score (nSPS) is 16.5. The van der Waals surface area contributed by atoms with Crippen LogP contribution in [0.15, 0.2) is 5.16 Å². The zero-order valence-corrected chi connectivity index (χ0v) is 21.6. The van der Waals surface area contributed by atoms with Crippen molar-refractivity contribution in [3.05, 3.63) is 0 Å². The standard InChI is InChI=1S/C26H50N2O2/c1-24(2,3)19-22(20-25(4,5)6)27-30-18-12-10-11-13-23(29)28-16-14-21(15-17-28)26(7,8)9/h21H,10-20H2,1-9H3. The molecule has 0 radical (unpaired) electrons. The third-order valence-corrected chi connectivity index (χ3v) is 5.86. The predicted molar refractivity (Wildman–Crippen MR) is 129 cm³/mol. The molecular weight excluding hydrogens is 372 g/mol. The van der Waals surface area contributed by atoms with E-state index >= 15 is 0 Å². The number of hydrogen-bond donors (Lipinski definition) is 0. The van der Waals surface area contributed by atoms with Crippen molar-refractivity contribution in [1.82, 2.24) is 4.90 Å². The maximum Gasteiger partial charge on any atom is 0.222 e. The molecule has 1 fully saturated rings. The number of oxime groups is 1. The van der Waals surface area contributed by atoms with Gasteiger partial charge in [-0.2, -0.15) is 0 Å². The summed E-state index contributed by atoms with van der Waals surface area (Å²) < 4.78 is 0. The molecule has 0 spiro atoms. The molecule has 0 aromatic carbocycles. The number of likely N-dealkylation sites (tertiary alicyclic amines) is 1. The van der Waals surface area contributed by atoms with E-state index in [4.69, 9.17) is 4.84 Å². The summed E-state index contributed by atoms with van der Waals surface area (Å²) in [7, 11) is 0. The van der Waals surface area contributed by atoms with Gasteiger partial charge in [0.2, 0.25) is 5.91 Å². The van der Waals surface area contributed by atoms with Crippen LogP contribution in [0.5, 0.6) is 0 Å². The molecule has 176 valence electrons. The van der Waals surface area contributed by atoms with Crippen molar-refractivity contribution in [3.8, 4) is 0 Å². The van der Waals surface area contributed by atoms with Gasteiger partial charge in [0, 0.05) is 19.5 Å². The molecule has 0 aliphatic carbocycles. The van der Waals surface area contributed by atoms with E-state index in [9.17, 15) is 4.79 Å². The molecule has 0 atom stereocenters. The van der Waals surface area contributed by atoms with Gasteiger partial charge in [-0.3, -0.25) is 4.79 Å². The Hall–Kier alpha value is -1.06. The molecule has 4 nitrogen and oxygen atoms in total. The molecule has 0 unspecified atom stereocenters. The van der Waals surface area contributed by atoms with Gasteiger partial charge in [0.15, 0.2) is 0 Å². The highest BCUT2D eigenvalue weighted by molar-refractivity contribution is 5.85. The fraction of sp³-hybridized carbons (Fsp3) is 0.923. The molecule has 0 bridgehead atoms. The lowest BCUT2D eigenvalue weighted by atomic mass is 9.75. The van der Waals surface area contributed by atoms with Gasteiger partial charge >= 0.3 is 0 Å². The Balaban J connectivity index is 2.25. The van der Waals surface area contributed by atoms with E-state index in [1.165, 1.54) is 0 Å². The topological polar surface area (TPSA) is 41.9 Å². The van der Waals surface area contributed by atoms with E-state index in [2.05, 4.69) is 72.4 Å². The van der Waals surface area contributed by atoms with Crippen LogP contribution in [0.1, 0.15) is 114 Å². The number of hydrogen-bond acceptors (Lipinski definition) is 3. The van der Waals surface area contributed by atoms with Gasteiger partial charge < -0.3 is 9.74 Å². The lowest BCUT2D eigenvalue weighted by Crippen LogP contribution is -2.41. The van der Waals surface area contributed by atoms with Crippen LogP contribution < -0.4 is 0 Å². The highest BCUT2D eigenvalue weighted by Gasteiger charge is 2.30. The van der Waals surface area contributed by atoms with Crippen LogP contribution in [0.3, 0.4) is 0 Å². The number of carbonyl (C=O) groups is 1. The minimum atomic E-state index is 0.217. The molecule has 1 heterocycles. The van der Waals surface area contributed by atoms with E-state index in [1.54, 1.807) is 0 Å². The van der Waals surface area contributed by atoms with Crippen molar-refractivity contribution in [2.75, 3.05) is 19.7 Å². The summed E-state index contributed by atoms with van der Waals surface area (Å²) >= 11 is 0. The molecule has 0 N–H and O–H groups in total. The van der Waals surface area contributed by atoms with E-state index in [0.717, 1.165) is 69.7 Å². The minimum Gasteiger partial charge on any atom is -0.396 e. The van der Waals surface area contributed by atoms with E-state index in [0.29, 0.717) is 24.3 Å². The Morgan fingerprint density at radius 1 is 0.867 bits per heavy atom. The van der Waals surface area contributed by atoms with Crippen LogP contribution in [0, 0.1) is 22.2 Å². The fourth-order valence-corrected chi connectivity index (χ4v) is 4.26. The summed E-state index contributed by atoms with van der Waals surface area (Å²) in [6.45, 7) is 22.9. The van der Waals surface area contributed by atoms with E-state index < -0.39 is 0 Å². The average Bonchev–Trinajstić information content (AvgIpc) is 2.57. The molecule has 4 heteroatoms. The molecular formula is C26H50N2O2. The zero-order valence-electron chi connectivity index (χ0n) is 21.6. The second kappa shape index (κ2) is 11.5. The summed E-state index contributed by atoms with van der Waals surface area (Å²) in [6.07, 6.45) is 7.81. The summed E-state index contributed by atoms with van der Waals surface area (Å²) in [5.41, 5.74) is 1.95. The quantitative estimate of drug-likeness (QED) is 0.226. The Bertz CT molecular complexity index is 521. The molecule has 1 rings (SSSR count). The molecule has 1 amide bonds. The minimum absolute atomic E-state index is 0.217. The summed E-state index contributed by atoms with van der Waals surface area (Å²) in [5.74, 6) is 1.07. The van der Waals surface area contributed by atoms with Crippen molar-refractivity contribution >= 4 is 11.6 Å². The molecule has 1 aliphatic rings. The first-order valence-electron chi connectivity index (χ1n) is 12.1. The summed E-state index contributed by atoms with van der Waals surface area (Å²) in [5, 5.41) is 4.47. The lowest BCUT2D eigenvalue weighted by Gasteiger charge is -2.38. The zero-order chi connectivity index (χ0) is 23.0. The van der Waals surface area contributed by atoms with Gasteiger partial charge in [0.25, 0.3) is 0 Å². The maximum absolute atomic E-state index is 12.5. The average molecular weight is 423 g/mol. The first-order chi connectivity index (χ1) is 13.7. The van der Waals surface area contributed by atoms with Crippen molar-refractivity contribution in [2.45, 2.75) is 114 Å². The number of unbranched alkanes of at least 4 members (excludes halogenated alkanes) is 2. The molecule has 0 saturated carbocycles. The fourth-order valence-electron chi connectivity index (χ4n) is 4.26. The van der Waals surface area contributed by atoms with Gasteiger partial charge in [-0.25, -0.2) is 0 Å². The molecule has 30 heavy (non-hydrogen) atoms. The third kappa shape index (κ3) is 12.0. The van der Waals surface area contributed by atoms with E-state index in [1.807, 2.05) is 0 Å². The number of amides is 1. The van der Waals surface area contributed by atoms with Crippen molar-refractivity contribution in [3.63, 3.8) is 0 Å². The van der Waals surface area contributed by atoms with Crippen LogP contribution in [-0.2, 0) is 9.63 Å². The van der Waals surface area contributed by atoms with Crippen molar-refractivity contribution in [1.29, 1.82) is 0 Å². The second-order valence-corrected chi connectivity index (χ2v) is 12.8. The highest BCUT2D eigenvalue weighted by Crippen LogP contribution is 2.34. The van der Waals surface area contributed by atoms with Crippen molar-refractivity contribution in [2.24, 2.45) is 27.3 Å². The molecule has 1 aliphatic heterocycles. The Morgan fingerprint density at radius 3 is 1.87 bits per heavy atom. The van der Waals surface area contributed by atoms with Gasteiger partial charge in [-0.15, -0.1) is 0 Å². The summed E-state index contributed by atoms with van der Waals surface area (Å²) in [6, 6.07) is 0. The number of carbonyl (C=O) groups excluding carboxylic acids is 1. The highest BCUT2D eigenvalue weighted by atomic mass is 16.6. The van der Waals surface area contributed by atoms with E-state index in [-0.39, 0.29) is 10.8 Å². The van der Waals surface area contributed by atoms with Gasteiger partial charge in [-0.05, 0) is 67.1 Å². The van der Waals surface area contributed by atoms with Crippen molar-refractivity contribution < 1.29 is 9.63 Å². The Kier molecular flexibility index (Phi) is 10.4. The van der Waals surface area contributed by atoms with Crippen LogP contribution >= 0.6 is 0 Å². The number of nitrogens with zero attached hydrogens (tertiary/aromatic N) is 2. The van der Waals surface area contributed by atoms with Gasteiger partial charge in [-0.1, -0.05) is 67.5 Å². The van der Waals surface area contributed by atoms with Gasteiger partial charge in [0.05, 0.1) is 5.71 Å². The number of piperidine rings is 1. The predicted octanol–water partition coefficient (Wildman–Crippen LogP) is 7.08. The van der Waals surface area contributed by atoms with Gasteiger partial charge in [0.1, 0.15) is 6.61 Å². The molecule has 1 saturated heterocycles. The third-order valence-electron chi connectivity index (χ3n) is 5.86. The SMILES string of the molecule is CC(C)(C)CC(CC(C)(C)C)=NOCCCCCC(=O)N1CCC(C(C)(C)C)CC1. The lowest BCUT2D eigenvalue weighted by molar-refractivity contribution is -0.133. The maximum atomic E-state index is 12.5. The van der Waals surface area contributed by atoms with Crippen LogP contribution in [0.25, 0.3) is 0 Å². The monoisotopic (exact) mass is 422 g/mol. The smallest absolute Gasteiger partial charge is 0.222 e. The van der Waals surface area contributed by atoms with Crippen LogP contribution in [0.4, 0.5) is 0 Å². The first kappa shape index (κ1) is 27.0. The largest absolute Gasteiger partial charge is 0.396 e. The number of rotatable bonds is 9. The van der Waals surface area contributed by atoms with Crippen LogP contribution in [-0.4, -0.2) is 36.2 Å². The Morgan fingerprint density at radius 2 is 1.40 bits per heavy atom. The molecule has 0 aromatic heterocycles. The Labute approximate surface area is 187 Å². The first-order valence-corrected chi connectivity index (χ1v) is 12.1. The van der Waals surface area contributed by atoms with Crippen LogP contribution in [0.2, 0.25) is 0 Å². The molecule has 0 aromatic rings. The summed E-state index contributed by atoms with van der Waals surface area (Å²) in [4.78, 5) is 20.2.